The van der Waals surface area contributed by atoms with E-state index >= 15 is 0 Å². The van der Waals surface area contributed by atoms with Crippen molar-refractivity contribution in [2.24, 2.45) is 5.92 Å². The van der Waals surface area contributed by atoms with Crippen LogP contribution in [0.15, 0.2) is 30.3 Å². The molecule has 1 aromatic rings. The second-order valence-electron chi connectivity index (χ2n) is 6.33. The van der Waals surface area contributed by atoms with Gasteiger partial charge in [-0.05, 0) is 24.3 Å². The molecule has 21 heavy (non-hydrogen) atoms. The van der Waals surface area contributed by atoms with Crippen LogP contribution in [0.2, 0.25) is 0 Å². The molecule has 0 radical (unpaired) electrons. The second-order valence-corrected chi connectivity index (χ2v) is 6.33. The second kappa shape index (κ2) is 5.51. The third kappa shape index (κ3) is 2.43. The fourth-order valence-corrected chi connectivity index (χ4v) is 3.52. The molecule has 0 aromatic heterocycles. The molecule has 112 valence electrons. The van der Waals surface area contributed by atoms with Gasteiger partial charge in [-0.1, -0.05) is 44.2 Å². The van der Waals surface area contributed by atoms with E-state index in [1.54, 1.807) is 9.80 Å². The first-order valence-electron chi connectivity index (χ1n) is 7.74. The Kier molecular flexibility index (Phi) is 3.70. The van der Waals surface area contributed by atoms with Gasteiger partial charge < -0.3 is 9.80 Å². The van der Waals surface area contributed by atoms with Crippen LogP contribution in [-0.2, 0) is 16.1 Å². The zero-order chi connectivity index (χ0) is 15.0. The SMILES string of the molecule is CC(C)C1C(=O)N2CCCC2C(=O)N1Cc1ccccc1. The van der Waals surface area contributed by atoms with E-state index in [0.717, 1.165) is 24.9 Å². The summed E-state index contributed by atoms with van der Waals surface area (Å²) in [4.78, 5) is 29.1. The van der Waals surface area contributed by atoms with Crippen LogP contribution in [0.1, 0.15) is 32.3 Å². The predicted octanol–water partition coefficient (Wildman–Crippen LogP) is 2.04. The van der Waals surface area contributed by atoms with Crippen LogP contribution in [0, 0.1) is 5.92 Å². The molecule has 2 amide bonds. The Labute approximate surface area is 125 Å². The van der Waals surface area contributed by atoms with Gasteiger partial charge in [-0.25, -0.2) is 0 Å². The largest absolute Gasteiger partial charge is 0.329 e. The van der Waals surface area contributed by atoms with E-state index in [1.807, 2.05) is 44.2 Å². The van der Waals surface area contributed by atoms with Crippen molar-refractivity contribution >= 4 is 11.8 Å². The van der Waals surface area contributed by atoms with Gasteiger partial charge in [-0.3, -0.25) is 9.59 Å². The molecule has 4 heteroatoms. The van der Waals surface area contributed by atoms with Crippen LogP contribution in [-0.4, -0.2) is 40.2 Å². The summed E-state index contributed by atoms with van der Waals surface area (Å²) in [5.41, 5.74) is 1.08. The summed E-state index contributed by atoms with van der Waals surface area (Å²) in [6, 6.07) is 9.37. The molecular weight excluding hydrogens is 264 g/mol. The van der Waals surface area contributed by atoms with Gasteiger partial charge in [0.15, 0.2) is 0 Å². The number of nitrogens with zero attached hydrogens (tertiary/aromatic N) is 2. The Balaban J connectivity index is 1.91. The molecule has 2 fully saturated rings. The van der Waals surface area contributed by atoms with Gasteiger partial charge in [0.05, 0.1) is 0 Å². The molecule has 2 aliphatic heterocycles. The minimum atomic E-state index is -0.327. The Morgan fingerprint density at radius 2 is 1.86 bits per heavy atom. The van der Waals surface area contributed by atoms with E-state index in [4.69, 9.17) is 0 Å². The molecule has 3 rings (SSSR count). The van der Waals surface area contributed by atoms with Crippen LogP contribution < -0.4 is 0 Å². The maximum Gasteiger partial charge on any atom is 0.246 e. The molecule has 2 saturated heterocycles. The van der Waals surface area contributed by atoms with E-state index in [2.05, 4.69) is 0 Å². The average Bonchev–Trinajstić information content (AvgIpc) is 2.95. The zero-order valence-corrected chi connectivity index (χ0v) is 12.7. The van der Waals surface area contributed by atoms with Gasteiger partial charge in [-0.2, -0.15) is 0 Å². The fraction of sp³-hybridized carbons (Fsp3) is 0.529. The van der Waals surface area contributed by atoms with Crippen LogP contribution in [0.5, 0.6) is 0 Å². The van der Waals surface area contributed by atoms with Gasteiger partial charge in [0, 0.05) is 13.1 Å². The van der Waals surface area contributed by atoms with Crippen molar-refractivity contribution in [3.8, 4) is 0 Å². The quantitative estimate of drug-likeness (QED) is 0.853. The van der Waals surface area contributed by atoms with Crippen molar-refractivity contribution in [2.45, 2.75) is 45.3 Å². The Morgan fingerprint density at radius 3 is 2.52 bits per heavy atom. The summed E-state index contributed by atoms with van der Waals surface area (Å²) in [7, 11) is 0. The molecule has 0 aliphatic carbocycles. The van der Waals surface area contributed by atoms with E-state index < -0.39 is 0 Å². The Morgan fingerprint density at radius 1 is 1.14 bits per heavy atom. The molecule has 2 heterocycles. The number of fused-ring (bicyclic) bond motifs is 1. The standard InChI is InChI=1S/C17H22N2O2/c1-12(2)15-17(21)18-10-6-9-14(18)16(20)19(15)11-13-7-4-3-5-8-13/h3-5,7-8,12,14-15H,6,9-11H2,1-2H3. The van der Waals surface area contributed by atoms with Gasteiger partial charge in [-0.15, -0.1) is 0 Å². The molecule has 0 bridgehead atoms. The Hall–Kier alpha value is -1.84. The maximum atomic E-state index is 12.8. The number of hydrogen-bond donors (Lipinski definition) is 0. The highest BCUT2D eigenvalue weighted by atomic mass is 16.2. The van der Waals surface area contributed by atoms with Crippen molar-refractivity contribution < 1.29 is 9.59 Å². The molecule has 2 aliphatic rings. The van der Waals surface area contributed by atoms with E-state index in [0.29, 0.717) is 6.54 Å². The minimum absolute atomic E-state index is 0.120. The van der Waals surface area contributed by atoms with Crippen molar-refractivity contribution in [1.82, 2.24) is 9.80 Å². The first-order chi connectivity index (χ1) is 10.1. The first-order valence-corrected chi connectivity index (χ1v) is 7.74. The first kappa shape index (κ1) is 14.1. The van der Waals surface area contributed by atoms with Crippen molar-refractivity contribution in [3.63, 3.8) is 0 Å². The highest BCUT2D eigenvalue weighted by molar-refractivity contribution is 5.97. The monoisotopic (exact) mass is 286 g/mol. The van der Waals surface area contributed by atoms with Crippen molar-refractivity contribution in [2.75, 3.05) is 6.54 Å². The number of piperazine rings is 1. The third-order valence-corrected chi connectivity index (χ3v) is 4.52. The van der Waals surface area contributed by atoms with Crippen LogP contribution >= 0.6 is 0 Å². The smallest absolute Gasteiger partial charge is 0.246 e. The summed E-state index contributed by atoms with van der Waals surface area (Å²) in [6.45, 7) is 5.30. The number of hydrogen-bond acceptors (Lipinski definition) is 2. The van der Waals surface area contributed by atoms with Crippen LogP contribution in [0.3, 0.4) is 0 Å². The zero-order valence-electron chi connectivity index (χ0n) is 12.7. The minimum Gasteiger partial charge on any atom is -0.329 e. The van der Waals surface area contributed by atoms with Crippen LogP contribution in [0.4, 0.5) is 0 Å². The lowest BCUT2D eigenvalue weighted by Crippen LogP contribution is -2.63. The Bertz CT molecular complexity index is 541. The van der Waals surface area contributed by atoms with Gasteiger partial charge in [0.2, 0.25) is 11.8 Å². The van der Waals surface area contributed by atoms with Crippen molar-refractivity contribution in [1.29, 1.82) is 0 Å². The summed E-state index contributed by atoms with van der Waals surface area (Å²) < 4.78 is 0. The van der Waals surface area contributed by atoms with Crippen molar-refractivity contribution in [3.05, 3.63) is 35.9 Å². The molecule has 0 spiro atoms. The highest BCUT2D eigenvalue weighted by Crippen LogP contribution is 2.30. The summed E-state index contributed by atoms with van der Waals surface area (Å²) >= 11 is 0. The van der Waals surface area contributed by atoms with Gasteiger partial charge in [0.25, 0.3) is 0 Å². The molecule has 0 saturated carbocycles. The maximum absolute atomic E-state index is 12.8. The molecule has 2 atom stereocenters. The number of amides is 2. The average molecular weight is 286 g/mol. The van der Waals surface area contributed by atoms with Crippen LogP contribution in [0.25, 0.3) is 0 Å². The summed E-state index contributed by atoms with van der Waals surface area (Å²) in [6.07, 6.45) is 1.74. The lowest BCUT2D eigenvalue weighted by Gasteiger charge is -2.44. The predicted molar refractivity (Wildman–Crippen MR) is 80.4 cm³/mol. The molecular formula is C17H22N2O2. The number of carbonyl (C=O) groups is 2. The summed E-state index contributed by atoms with van der Waals surface area (Å²) in [5.74, 6) is 0.379. The molecule has 0 N–H and O–H groups in total. The highest BCUT2D eigenvalue weighted by Gasteiger charge is 2.48. The van der Waals surface area contributed by atoms with Gasteiger partial charge in [0.1, 0.15) is 12.1 Å². The molecule has 4 nitrogen and oxygen atoms in total. The third-order valence-electron chi connectivity index (χ3n) is 4.52. The van der Waals surface area contributed by atoms with E-state index in [9.17, 15) is 9.59 Å². The number of benzene rings is 1. The number of rotatable bonds is 3. The molecule has 2 unspecified atom stereocenters. The topological polar surface area (TPSA) is 40.6 Å². The van der Waals surface area contributed by atoms with E-state index in [-0.39, 0.29) is 29.8 Å². The summed E-state index contributed by atoms with van der Waals surface area (Å²) in [5, 5.41) is 0. The van der Waals surface area contributed by atoms with Gasteiger partial charge >= 0.3 is 0 Å². The lowest BCUT2D eigenvalue weighted by atomic mass is 9.95. The van der Waals surface area contributed by atoms with E-state index in [1.165, 1.54) is 0 Å². The molecule has 1 aromatic carbocycles. The number of carbonyl (C=O) groups excluding carboxylic acids is 2. The normalized spacial score (nSPS) is 25.7. The lowest BCUT2D eigenvalue weighted by molar-refractivity contribution is -0.162. The fourth-order valence-electron chi connectivity index (χ4n) is 3.52.